The maximum atomic E-state index is 11.9. The van der Waals surface area contributed by atoms with E-state index in [0.717, 1.165) is 16.5 Å². The first kappa shape index (κ1) is 21.1. The molecule has 0 saturated carbocycles. The monoisotopic (exact) mass is 469 g/mol. The van der Waals surface area contributed by atoms with E-state index in [1.54, 1.807) is 30.3 Å². The first-order valence-corrected chi connectivity index (χ1v) is 9.54. The Morgan fingerprint density at radius 3 is 2.48 bits per heavy atom. The number of nitrogens with one attached hydrogen (secondary N) is 3. The van der Waals surface area contributed by atoms with Crippen molar-refractivity contribution in [3.63, 3.8) is 0 Å². The predicted octanol–water partition coefficient (Wildman–Crippen LogP) is 3.38. The zero-order valence-corrected chi connectivity index (χ0v) is 17.5. The highest BCUT2D eigenvalue weighted by Crippen LogP contribution is 2.26. The minimum Gasteiger partial charge on any atom is -0.483 e. The molecule has 0 saturated heterocycles. The van der Waals surface area contributed by atoms with Crippen LogP contribution in [0.3, 0.4) is 0 Å². The van der Waals surface area contributed by atoms with Crippen LogP contribution in [0.15, 0.2) is 46.9 Å². The van der Waals surface area contributed by atoms with Crippen LogP contribution in [0.5, 0.6) is 5.75 Å². The van der Waals surface area contributed by atoms with Gasteiger partial charge in [-0.25, -0.2) is 0 Å². The standard InChI is InChI=1S/C18H17BrClN3O3S/c1-2-11-3-8-15(14(19)9-11)26-10-16(24)21-18(27)23-22-17(25)12-4-6-13(20)7-5-12/h3-9H,2,10H2,1H3,(H,22,25)(H2,21,23,24,27). The van der Waals surface area contributed by atoms with Crippen LogP contribution in [0, 0.1) is 0 Å². The van der Waals surface area contributed by atoms with E-state index in [-0.39, 0.29) is 11.7 Å². The molecule has 0 aliphatic carbocycles. The van der Waals surface area contributed by atoms with Crippen molar-refractivity contribution in [2.75, 3.05) is 6.61 Å². The summed E-state index contributed by atoms with van der Waals surface area (Å²) in [6, 6.07) is 12.0. The number of amides is 2. The second-order valence-corrected chi connectivity index (χ2v) is 7.07. The molecule has 27 heavy (non-hydrogen) atoms. The number of hydrazine groups is 1. The second-order valence-electron chi connectivity index (χ2n) is 5.37. The highest BCUT2D eigenvalue weighted by atomic mass is 79.9. The fraction of sp³-hybridized carbons (Fsp3) is 0.167. The van der Waals surface area contributed by atoms with Crippen LogP contribution in [-0.2, 0) is 11.2 Å². The van der Waals surface area contributed by atoms with E-state index in [2.05, 4.69) is 39.0 Å². The number of aryl methyl sites for hydroxylation is 1. The molecule has 2 aromatic rings. The average Bonchev–Trinajstić information content (AvgIpc) is 2.65. The molecular formula is C18H17BrClN3O3S. The number of carbonyl (C=O) groups excluding carboxylic acids is 2. The minimum atomic E-state index is -0.459. The zero-order valence-electron chi connectivity index (χ0n) is 14.3. The molecule has 9 heteroatoms. The number of ether oxygens (including phenoxy) is 1. The van der Waals surface area contributed by atoms with Crippen molar-refractivity contribution >= 4 is 56.7 Å². The lowest BCUT2D eigenvalue weighted by atomic mass is 10.2. The van der Waals surface area contributed by atoms with E-state index in [9.17, 15) is 9.59 Å². The van der Waals surface area contributed by atoms with Crippen molar-refractivity contribution in [3.05, 3.63) is 63.1 Å². The van der Waals surface area contributed by atoms with Crippen LogP contribution in [0.4, 0.5) is 0 Å². The van der Waals surface area contributed by atoms with Crippen LogP contribution in [-0.4, -0.2) is 23.5 Å². The third kappa shape index (κ3) is 6.82. The van der Waals surface area contributed by atoms with Gasteiger partial charge >= 0.3 is 0 Å². The molecule has 0 unspecified atom stereocenters. The van der Waals surface area contributed by atoms with Crippen LogP contribution in [0.2, 0.25) is 5.02 Å². The van der Waals surface area contributed by atoms with Crippen LogP contribution < -0.4 is 20.9 Å². The highest BCUT2D eigenvalue weighted by Gasteiger charge is 2.10. The molecule has 0 aliphatic heterocycles. The highest BCUT2D eigenvalue weighted by molar-refractivity contribution is 9.10. The molecule has 6 nitrogen and oxygen atoms in total. The summed E-state index contributed by atoms with van der Waals surface area (Å²) in [5.41, 5.74) is 6.38. The van der Waals surface area contributed by atoms with Crippen LogP contribution in [0.25, 0.3) is 0 Å². The van der Waals surface area contributed by atoms with Gasteiger partial charge in [0.25, 0.3) is 11.8 Å². The summed E-state index contributed by atoms with van der Waals surface area (Å²) in [5.74, 6) is -0.323. The van der Waals surface area contributed by atoms with Crippen molar-refractivity contribution in [1.82, 2.24) is 16.2 Å². The summed E-state index contributed by atoms with van der Waals surface area (Å²) in [6.45, 7) is 1.83. The first-order chi connectivity index (χ1) is 12.9. The van der Waals surface area contributed by atoms with Gasteiger partial charge in [0.05, 0.1) is 4.47 Å². The summed E-state index contributed by atoms with van der Waals surface area (Å²) in [6.07, 6.45) is 0.904. The topological polar surface area (TPSA) is 79.5 Å². The molecule has 0 heterocycles. The predicted molar refractivity (Wildman–Crippen MR) is 112 cm³/mol. The number of thiocarbonyl (C=S) groups is 1. The number of benzene rings is 2. The Kier molecular flexibility index (Phi) is 8.02. The Labute approximate surface area is 175 Å². The Morgan fingerprint density at radius 2 is 1.85 bits per heavy atom. The molecule has 0 bridgehead atoms. The molecule has 3 N–H and O–H groups in total. The molecule has 0 aliphatic rings. The lowest BCUT2D eigenvalue weighted by Gasteiger charge is -2.12. The maximum absolute atomic E-state index is 11.9. The van der Waals surface area contributed by atoms with Gasteiger partial charge in [-0.15, -0.1) is 0 Å². The van der Waals surface area contributed by atoms with Gasteiger partial charge in [0.1, 0.15) is 5.75 Å². The number of hydrogen-bond acceptors (Lipinski definition) is 4. The third-order valence-corrected chi connectivity index (χ3v) is 4.49. The molecular weight excluding hydrogens is 454 g/mol. The average molecular weight is 471 g/mol. The number of rotatable bonds is 5. The minimum absolute atomic E-state index is 0.0497. The van der Waals surface area contributed by atoms with Gasteiger partial charge in [0.15, 0.2) is 11.7 Å². The molecule has 2 rings (SSSR count). The Balaban J connectivity index is 1.76. The molecule has 0 radical (unpaired) electrons. The molecule has 0 aromatic heterocycles. The largest absolute Gasteiger partial charge is 0.483 e. The molecule has 0 atom stereocenters. The van der Waals surface area contributed by atoms with Crippen molar-refractivity contribution in [1.29, 1.82) is 0 Å². The molecule has 2 aromatic carbocycles. The van der Waals surface area contributed by atoms with Crippen molar-refractivity contribution < 1.29 is 14.3 Å². The van der Waals surface area contributed by atoms with Crippen LogP contribution in [0.1, 0.15) is 22.8 Å². The zero-order chi connectivity index (χ0) is 19.8. The summed E-state index contributed by atoms with van der Waals surface area (Å²) < 4.78 is 6.23. The molecule has 0 fully saturated rings. The number of halogens is 2. The van der Waals surface area contributed by atoms with Gasteiger partial charge in [-0.05, 0) is 76.5 Å². The van der Waals surface area contributed by atoms with Crippen molar-refractivity contribution in [2.45, 2.75) is 13.3 Å². The quantitative estimate of drug-likeness (QED) is 0.461. The van der Waals surface area contributed by atoms with E-state index in [4.69, 9.17) is 28.6 Å². The lowest BCUT2D eigenvalue weighted by molar-refractivity contribution is -0.121. The van der Waals surface area contributed by atoms with Gasteiger partial charge in [-0.2, -0.15) is 0 Å². The van der Waals surface area contributed by atoms with Gasteiger partial charge in [0.2, 0.25) is 0 Å². The fourth-order valence-corrected chi connectivity index (χ4v) is 2.84. The summed E-state index contributed by atoms with van der Waals surface area (Å²) in [4.78, 5) is 23.8. The summed E-state index contributed by atoms with van der Waals surface area (Å²) in [5, 5.41) is 2.89. The second kappa shape index (κ2) is 10.2. The van der Waals surface area contributed by atoms with Crippen molar-refractivity contribution in [2.24, 2.45) is 0 Å². The smallest absolute Gasteiger partial charge is 0.269 e. The van der Waals surface area contributed by atoms with Crippen LogP contribution >= 0.6 is 39.7 Å². The van der Waals surface area contributed by atoms with Gasteiger partial charge in [-0.3, -0.25) is 25.8 Å². The van der Waals surface area contributed by atoms with E-state index >= 15 is 0 Å². The van der Waals surface area contributed by atoms with E-state index in [1.165, 1.54) is 0 Å². The first-order valence-electron chi connectivity index (χ1n) is 7.96. The van der Waals surface area contributed by atoms with Gasteiger partial charge in [-0.1, -0.05) is 24.6 Å². The fourth-order valence-electron chi connectivity index (χ4n) is 2.01. The molecule has 0 spiro atoms. The molecule has 142 valence electrons. The van der Waals surface area contributed by atoms with E-state index in [1.807, 2.05) is 12.1 Å². The maximum Gasteiger partial charge on any atom is 0.269 e. The van der Waals surface area contributed by atoms with Gasteiger partial charge in [0, 0.05) is 10.6 Å². The lowest BCUT2D eigenvalue weighted by Crippen LogP contribution is -2.49. The third-order valence-electron chi connectivity index (χ3n) is 3.41. The summed E-state index contributed by atoms with van der Waals surface area (Å²) in [7, 11) is 0. The van der Waals surface area contributed by atoms with E-state index < -0.39 is 11.8 Å². The summed E-state index contributed by atoms with van der Waals surface area (Å²) >= 11 is 14.1. The Morgan fingerprint density at radius 1 is 1.15 bits per heavy atom. The van der Waals surface area contributed by atoms with Gasteiger partial charge < -0.3 is 4.74 Å². The molecule has 2 amide bonds. The Bertz CT molecular complexity index is 846. The Hall–Kier alpha value is -2.16. The normalized spacial score (nSPS) is 10.0. The van der Waals surface area contributed by atoms with Crippen molar-refractivity contribution in [3.8, 4) is 5.75 Å². The van der Waals surface area contributed by atoms with E-state index in [0.29, 0.717) is 16.3 Å². The number of hydrogen-bond donors (Lipinski definition) is 3. The SMILES string of the molecule is CCc1ccc(OCC(=O)NC(=S)NNC(=O)c2ccc(Cl)cc2)c(Br)c1. The number of carbonyl (C=O) groups is 2.